The molecule has 0 bridgehead atoms. The highest BCUT2D eigenvalue weighted by Gasteiger charge is 2.06. The minimum atomic E-state index is -0.530. The van der Waals surface area contributed by atoms with E-state index < -0.39 is 5.82 Å². The van der Waals surface area contributed by atoms with Crippen molar-refractivity contribution in [1.29, 1.82) is 0 Å². The van der Waals surface area contributed by atoms with Crippen LogP contribution in [0.3, 0.4) is 0 Å². The van der Waals surface area contributed by atoms with E-state index in [-0.39, 0.29) is 5.02 Å². The average Bonchev–Trinajstić information content (AvgIpc) is 2.33. The fourth-order valence-corrected chi connectivity index (χ4v) is 1.83. The Balaban J connectivity index is 2.27. The number of benzene rings is 1. The lowest BCUT2D eigenvalue weighted by molar-refractivity contribution is 0.453. The number of nitrogens with zero attached hydrogens (tertiary/aromatic N) is 2. The SMILES string of the molecule is CCc1nc(Br)cc(Oc2ccc(Cl)c(F)c2)n1. The summed E-state index contributed by atoms with van der Waals surface area (Å²) in [4.78, 5) is 8.34. The lowest BCUT2D eigenvalue weighted by atomic mass is 10.3. The van der Waals surface area contributed by atoms with Crippen LogP contribution in [-0.2, 0) is 6.42 Å². The van der Waals surface area contributed by atoms with E-state index in [9.17, 15) is 4.39 Å². The van der Waals surface area contributed by atoms with Crippen molar-refractivity contribution in [3.05, 3.63) is 45.5 Å². The Bertz CT molecular complexity index is 580. The molecule has 2 rings (SSSR count). The van der Waals surface area contributed by atoms with Gasteiger partial charge in [-0.05, 0) is 28.1 Å². The van der Waals surface area contributed by atoms with Crippen molar-refractivity contribution in [3.63, 3.8) is 0 Å². The summed E-state index contributed by atoms with van der Waals surface area (Å²) in [7, 11) is 0. The van der Waals surface area contributed by atoms with Crippen LogP contribution in [0.5, 0.6) is 11.6 Å². The highest BCUT2D eigenvalue weighted by Crippen LogP contribution is 2.25. The van der Waals surface area contributed by atoms with Crippen molar-refractivity contribution >= 4 is 27.5 Å². The number of hydrogen-bond acceptors (Lipinski definition) is 3. The van der Waals surface area contributed by atoms with Gasteiger partial charge in [-0.3, -0.25) is 0 Å². The van der Waals surface area contributed by atoms with Crippen molar-refractivity contribution in [2.45, 2.75) is 13.3 Å². The van der Waals surface area contributed by atoms with Gasteiger partial charge in [-0.1, -0.05) is 18.5 Å². The van der Waals surface area contributed by atoms with Gasteiger partial charge in [0.2, 0.25) is 5.88 Å². The molecule has 0 atom stereocenters. The molecule has 2 aromatic rings. The molecule has 18 heavy (non-hydrogen) atoms. The van der Waals surface area contributed by atoms with E-state index in [0.29, 0.717) is 28.5 Å². The summed E-state index contributed by atoms with van der Waals surface area (Å²) in [5, 5.41) is 0.0560. The van der Waals surface area contributed by atoms with Gasteiger partial charge < -0.3 is 4.74 Å². The Hall–Kier alpha value is -1.20. The van der Waals surface area contributed by atoms with Gasteiger partial charge in [0.25, 0.3) is 0 Å². The molecule has 1 heterocycles. The van der Waals surface area contributed by atoms with E-state index in [1.165, 1.54) is 12.1 Å². The fraction of sp³-hybridized carbons (Fsp3) is 0.167. The smallest absolute Gasteiger partial charge is 0.223 e. The molecule has 0 unspecified atom stereocenters. The van der Waals surface area contributed by atoms with Crippen molar-refractivity contribution in [2.24, 2.45) is 0 Å². The second kappa shape index (κ2) is 5.63. The van der Waals surface area contributed by atoms with Crippen molar-refractivity contribution < 1.29 is 9.13 Å². The van der Waals surface area contributed by atoms with Crippen molar-refractivity contribution in [2.75, 3.05) is 0 Å². The first kappa shape index (κ1) is 13.2. The van der Waals surface area contributed by atoms with Crippen LogP contribution >= 0.6 is 27.5 Å². The predicted octanol–water partition coefficient (Wildman–Crippen LogP) is 4.39. The second-order valence-electron chi connectivity index (χ2n) is 3.48. The molecular formula is C12H9BrClFN2O. The molecule has 0 aliphatic heterocycles. The fourth-order valence-electron chi connectivity index (χ4n) is 1.31. The third-order valence-corrected chi connectivity index (χ3v) is 2.86. The average molecular weight is 332 g/mol. The predicted molar refractivity (Wildman–Crippen MR) is 70.6 cm³/mol. The van der Waals surface area contributed by atoms with Gasteiger partial charge in [-0.25, -0.2) is 9.37 Å². The lowest BCUT2D eigenvalue weighted by Crippen LogP contribution is -1.96. The molecule has 0 aliphatic rings. The number of ether oxygens (including phenoxy) is 1. The molecule has 0 spiro atoms. The lowest BCUT2D eigenvalue weighted by Gasteiger charge is -2.06. The molecule has 1 aromatic heterocycles. The first-order chi connectivity index (χ1) is 8.58. The van der Waals surface area contributed by atoms with Crippen LogP contribution in [0.15, 0.2) is 28.9 Å². The van der Waals surface area contributed by atoms with Crippen LogP contribution < -0.4 is 4.74 Å². The van der Waals surface area contributed by atoms with Crippen molar-refractivity contribution in [1.82, 2.24) is 9.97 Å². The summed E-state index contributed by atoms with van der Waals surface area (Å²) >= 11 is 8.86. The number of halogens is 3. The quantitative estimate of drug-likeness (QED) is 0.783. The zero-order valence-electron chi connectivity index (χ0n) is 9.45. The van der Waals surface area contributed by atoms with Crippen LogP contribution in [-0.4, -0.2) is 9.97 Å². The van der Waals surface area contributed by atoms with E-state index >= 15 is 0 Å². The van der Waals surface area contributed by atoms with E-state index in [2.05, 4.69) is 25.9 Å². The number of rotatable bonds is 3. The standard InChI is InChI=1S/C12H9BrClFN2O/c1-2-11-16-10(13)6-12(17-11)18-7-3-4-8(14)9(15)5-7/h3-6H,2H2,1H3. The molecular weight excluding hydrogens is 322 g/mol. The van der Waals surface area contributed by atoms with Gasteiger partial charge in [0, 0.05) is 18.6 Å². The van der Waals surface area contributed by atoms with Gasteiger partial charge in [0.05, 0.1) is 5.02 Å². The van der Waals surface area contributed by atoms with E-state index in [4.69, 9.17) is 16.3 Å². The van der Waals surface area contributed by atoms with Crippen LogP contribution in [0, 0.1) is 5.82 Å². The molecule has 1 aromatic carbocycles. The topological polar surface area (TPSA) is 35.0 Å². The highest BCUT2D eigenvalue weighted by molar-refractivity contribution is 9.10. The van der Waals surface area contributed by atoms with E-state index in [1.807, 2.05) is 6.92 Å². The van der Waals surface area contributed by atoms with E-state index in [1.54, 1.807) is 12.1 Å². The largest absolute Gasteiger partial charge is 0.439 e. The number of hydrogen-bond donors (Lipinski definition) is 0. The summed E-state index contributed by atoms with van der Waals surface area (Å²) in [6, 6.07) is 5.84. The van der Waals surface area contributed by atoms with Crippen molar-refractivity contribution in [3.8, 4) is 11.6 Å². The molecule has 6 heteroatoms. The Kier molecular flexibility index (Phi) is 4.14. The first-order valence-corrected chi connectivity index (χ1v) is 6.42. The molecule has 0 aliphatic carbocycles. The maximum absolute atomic E-state index is 13.3. The summed E-state index contributed by atoms with van der Waals surface area (Å²) in [5.41, 5.74) is 0. The summed E-state index contributed by atoms with van der Waals surface area (Å²) < 4.78 is 19.3. The molecule has 0 radical (unpaired) electrons. The summed E-state index contributed by atoms with van der Waals surface area (Å²) in [5.74, 6) is 0.812. The third-order valence-electron chi connectivity index (χ3n) is 2.15. The van der Waals surface area contributed by atoms with Crippen LogP contribution in [0.25, 0.3) is 0 Å². The Morgan fingerprint density at radius 1 is 1.33 bits per heavy atom. The molecule has 0 saturated heterocycles. The number of aryl methyl sites for hydroxylation is 1. The van der Waals surface area contributed by atoms with Gasteiger partial charge in [-0.15, -0.1) is 0 Å². The molecule has 3 nitrogen and oxygen atoms in total. The Morgan fingerprint density at radius 2 is 2.11 bits per heavy atom. The molecule has 0 amide bonds. The van der Waals surface area contributed by atoms with Crippen LogP contribution in [0.4, 0.5) is 4.39 Å². The Labute approximate surface area is 117 Å². The highest BCUT2D eigenvalue weighted by atomic mass is 79.9. The Morgan fingerprint density at radius 3 is 2.78 bits per heavy atom. The third kappa shape index (κ3) is 3.17. The van der Waals surface area contributed by atoms with Gasteiger partial charge in [0.1, 0.15) is 22.0 Å². The minimum absolute atomic E-state index is 0.0560. The van der Waals surface area contributed by atoms with Crippen LogP contribution in [0.1, 0.15) is 12.7 Å². The maximum Gasteiger partial charge on any atom is 0.223 e. The monoisotopic (exact) mass is 330 g/mol. The van der Waals surface area contributed by atoms with Gasteiger partial charge in [-0.2, -0.15) is 4.98 Å². The van der Waals surface area contributed by atoms with Gasteiger partial charge >= 0.3 is 0 Å². The zero-order chi connectivity index (χ0) is 13.1. The molecule has 0 saturated carbocycles. The summed E-state index contributed by atoms with van der Waals surface area (Å²) in [6.07, 6.45) is 0.685. The minimum Gasteiger partial charge on any atom is -0.439 e. The molecule has 0 fully saturated rings. The van der Waals surface area contributed by atoms with Crippen LogP contribution in [0.2, 0.25) is 5.02 Å². The zero-order valence-corrected chi connectivity index (χ0v) is 11.8. The second-order valence-corrected chi connectivity index (χ2v) is 4.70. The molecule has 94 valence electrons. The number of aromatic nitrogens is 2. The van der Waals surface area contributed by atoms with Gasteiger partial charge in [0.15, 0.2) is 0 Å². The normalized spacial score (nSPS) is 10.4. The maximum atomic E-state index is 13.3. The molecule has 0 N–H and O–H groups in total. The van der Waals surface area contributed by atoms with E-state index in [0.717, 1.165) is 0 Å². The summed E-state index contributed by atoms with van der Waals surface area (Å²) in [6.45, 7) is 1.94. The first-order valence-electron chi connectivity index (χ1n) is 5.25.